The molecular formula is C24H42O2. The third kappa shape index (κ3) is 5.49. The third-order valence-electron chi connectivity index (χ3n) is 7.99. The molecule has 0 aromatic rings. The highest BCUT2D eigenvalue weighted by Crippen LogP contribution is 2.43. The first-order valence-electron chi connectivity index (χ1n) is 11.9. The van der Waals surface area contributed by atoms with Crippen LogP contribution >= 0.6 is 0 Å². The zero-order valence-corrected chi connectivity index (χ0v) is 17.4. The van der Waals surface area contributed by atoms with Crippen LogP contribution in [-0.4, -0.2) is 12.1 Å². The second-order valence-electron chi connectivity index (χ2n) is 9.67. The highest BCUT2D eigenvalue weighted by Gasteiger charge is 2.32. The molecule has 150 valence electrons. The fraction of sp³-hybridized carbons (Fsp3) is 0.958. The molecule has 2 unspecified atom stereocenters. The number of carbonyl (C=O) groups is 1. The van der Waals surface area contributed by atoms with E-state index in [1.165, 1.54) is 70.6 Å². The molecule has 0 radical (unpaired) electrons. The summed E-state index contributed by atoms with van der Waals surface area (Å²) in [6.07, 6.45) is 20.4. The number of esters is 1. The van der Waals surface area contributed by atoms with Crippen molar-refractivity contribution in [1.29, 1.82) is 0 Å². The normalized spacial score (nSPS) is 38.8. The average Bonchev–Trinajstić information content (AvgIpc) is 2.68. The van der Waals surface area contributed by atoms with Crippen molar-refractivity contribution in [2.75, 3.05) is 0 Å². The fourth-order valence-corrected chi connectivity index (χ4v) is 6.12. The Bertz CT molecular complexity index is 416. The molecule has 2 nitrogen and oxygen atoms in total. The molecule has 2 saturated carbocycles. The van der Waals surface area contributed by atoms with Crippen molar-refractivity contribution in [3.63, 3.8) is 0 Å². The van der Waals surface area contributed by atoms with E-state index in [0.29, 0.717) is 0 Å². The van der Waals surface area contributed by atoms with E-state index < -0.39 is 0 Å². The first-order chi connectivity index (χ1) is 12.7. The molecule has 3 fully saturated rings. The SMILES string of the molecule is CCCC1CCC(C2CCC(CCC3CCC(CC)C(=O)O3)CC2)CC1. The van der Waals surface area contributed by atoms with E-state index in [4.69, 9.17) is 4.74 Å². The van der Waals surface area contributed by atoms with Gasteiger partial charge in [-0.1, -0.05) is 52.4 Å². The Morgan fingerprint density at radius 1 is 0.731 bits per heavy atom. The van der Waals surface area contributed by atoms with Crippen LogP contribution in [0.1, 0.15) is 110 Å². The van der Waals surface area contributed by atoms with E-state index in [-0.39, 0.29) is 18.0 Å². The molecule has 1 aliphatic heterocycles. The van der Waals surface area contributed by atoms with Gasteiger partial charge >= 0.3 is 5.97 Å². The Labute approximate surface area is 161 Å². The van der Waals surface area contributed by atoms with Gasteiger partial charge in [-0.15, -0.1) is 0 Å². The molecule has 2 aliphatic carbocycles. The van der Waals surface area contributed by atoms with Gasteiger partial charge in [0, 0.05) is 0 Å². The van der Waals surface area contributed by atoms with Gasteiger partial charge in [0.05, 0.1) is 5.92 Å². The number of hydrogen-bond donors (Lipinski definition) is 0. The zero-order chi connectivity index (χ0) is 18.4. The summed E-state index contributed by atoms with van der Waals surface area (Å²) in [4.78, 5) is 11.9. The zero-order valence-electron chi connectivity index (χ0n) is 17.4. The van der Waals surface area contributed by atoms with Crippen molar-refractivity contribution in [1.82, 2.24) is 0 Å². The topological polar surface area (TPSA) is 26.3 Å². The predicted molar refractivity (Wildman–Crippen MR) is 108 cm³/mol. The van der Waals surface area contributed by atoms with Crippen LogP contribution < -0.4 is 0 Å². The van der Waals surface area contributed by atoms with Crippen LogP contribution in [0.15, 0.2) is 0 Å². The molecule has 0 spiro atoms. The Morgan fingerprint density at radius 2 is 1.31 bits per heavy atom. The van der Waals surface area contributed by atoms with Gasteiger partial charge in [0.15, 0.2) is 0 Å². The standard InChI is InChI=1S/C24H42O2/c1-3-5-18-6-11-21(12-7-18)22-13-8-19(9-14-22)10-16-23-17-15-20(4-2)24(25)26-23/h18-23H,3-17H2,1-2H3. The van der Waals surface area contributed by atoms with E-state index in [1.807, 2.05) is 0 Å². The highest BCUT2D eigenvalue weighted by molar-refractivity contribution is 5.73. The van der Waals surface area contributed by atoms with Gasteiger partial charge in [-0.25, -0.2) is 0 Å². The highest BCUT2D eigenvalue weighted by atomic mass is 16.5. The maximum Gasteiger partial charge on any atom is 0.309 e. The molecule has 2 atom stereocenters. The Kier molecular flexibility index (Phi) is 7.88. The Balaban J connectivity index is 1.31. The average molecular weight is 363 g/mol. The molecule has 0 bridgehead atoms. The monoisotopic (exact) mass is 362 g/mol. The lowest BCUT2D eigenvalue weighted by atomic mass is 9.68. The van der Waals surface area contributed by atoms with Gasteiger partial charge in [0.1, 0.15) is 6.10 Å². The lowest BCUT2D eigenvalue weighted by Crippen LogP contribution is -2.31. The summed E-state index contributed by atoms with van der Waals surface area (Å²) in [6, 6.07) is 0. The van der Waals surface area contributed by atoms with Crippen LogP contribution in [0.5, 0.6) is 0 Å². The number of hydrogen-bond acceptors (Lipinski definition) is 2. The summed E-state index contributed by atoms with van der Waals surface area (Å²) in [6.45, 7) is 4.44. The van der Waals surface area contributed by atoms with Crippen LogP contribution in [0.25, 0.3) is 0 Å². The first kappa shape index (κ1) is 20.2. The first-order valence-corrected chi connectivity index (χ1v) is 11.9. The minimum absolute atomic E-state index is 0.0751. The van der Waals surface area contributed by atoms with Crippen LogP contribution in [0.4, 0.5) is 0 Å². The van der Waals surface area contributed by atoms with Gasteiger partial charge in [0.2, 0.25) is 0 Å². The molecule has 0 aromatic carbocycles. The van der Waals surface area contributed by atoms with E-state index >= 15 is 0 Å². The van der Waals surface area contributed by atoms with Gasteiger partial charge in [0.25, 0.3) is 0 Å². The van der Waals surface area contributed by atoms with E-state index in [2.05, 4.69) is 13.8 Å². The largest absolute Gasteiger partial charge is 0.462 e. The Hall–Kier alpha value is -0.530. The lowest BCUT2D eigenvalue weighted by molar-refractivity contribution is -0.161. The predicted octanol–water partition coefficient (Wildman–Crippen LogP) is 6.91. The second kappa shape index (κ2) is 10.1. The van der Waals surface area contributed by atoms with Crippen molar-refractivity contribution in [2.45, 2.75) is 116 Å². The summed E-state index contributed by atoms with van der Waals surface area (Å²) >= 11 is 0. The summed E-state index contributed by atoms with van der Waals surface area (Å²) in [5.41, 5.74) is 0. The van der Waals surface area contributed by atoms with Crippen molar-refractivity contribution < 1.29 is 9.53 Å². The molecular weight excluding hydrogens is 320 g/mol. The minimum atomic E-state index is 0.0751. The smallest absolute Gasteiger partial charge is 0.309 e. The fourth-order valence-electron chi connectivity index (χ4n) is 6.12. The minimum Gasteiger partial charge on any atom is -0.462 e. The maximum absolute atomic E-state index is 11.9. The number of carbonyl (C=O) groups excluding carboxylic acids is 1. The van der Waals surface area contributed by atoms with E-state index in [9.17, 15) is 4.79 Å². The summed E-state index contributed by atoms with van der Waals surface area (Å²) in [7, 11) is 0. The third-order valence-corrected chi connectivity index (χ3v) is 7.99. The van der Waals surface area contributed by atoms with Crippen molar-refractivity contribution in [2.24, 2.45) is 29.6 Å². The van der Waals surface area contributed by atoms with Gasteiger partial charge in [-0.05, 0) is 81.5 Å². The molecule has 1 heterocycles. The van der Waals surface area contributed by atoms with Gasteiger partial charge in [-0.3, -0.25) is 4.79 Å². The lowest BCUT2D eigenvalue weighted by Gasteiger charge is -2.38. The van der Waals surface area contributed by atoms with E-state index in [1.54, 1.807) is 0 Å². The number of ether oxygens (including phenoxy) is 1. The molecule has 0 amide bonds. The van der Waals surface area contributed by atoms with Crippen LogP contribution in [-0.2, 0) is 9.53 Å². The maximum atomic E-state index is 11.9. The summed E-state index contributed by atoms with van der Waals surface area (Å²) in [5, 5.41) is 0. The second-order valence-corrected chi connectivity index (χ2v) is 9.67. The molecule has 1 saturated heterocycles. The Morgan fingerprint density at radius 3 is 1.81 bits per heavy atom. The van der Waals surface area contributed by atoms with Crippen LogP contribution in [0, 0.1) is 29.6 Å². The van der Waals surface area contributed by atoms with Crippen molar-refractivity contribution in [3.05, 3.63) is 0 Å². The van der Waals surface area contributed by atoms with Gasteiger partial charge < -0.3 is 4.74 Å². The summed E-state index contributed by atoms with van der Waals surface area (Å²) in [5.74, 6) is 4.24. The molecule has 3 rings (SSSR count). The number of cyclic esters (lactones) is 1. The molecule has 2 heteroatoms. The molecule has 0 N–H and O–H groups in total. The molecule has 3 aliphatic rings. The quantitative estimate of drug-likeness (QED) is 0.460. The number of rotatable bonds is 7. The van der Waals surface area contributed by atoms with Crippen LogP contribution in [0.3, 0.4) is 0 Å². The van der Waals surface area contributed by atoms with Gasteiger partial charge in [-0.2, -0.15) is 0 Å². The van der Waals surface area contributed by atoms with Crippen molar-refractivity contribution in [3.8, 4) is 0 Å². The molecule has 0 aromatic heterocycles. The van der Waals surface area contributed by atoms with E-state index in [0.717, 1.165) is 49.4 Å². The molecule has 26 heavy (non-hydrogen) atoms. The summed E-state index contributed by atoms with van der Waals surface area (Å²) < 4.78 is 5.69. The van der Waals surface area contributed by atoms with Crippen molar-refractivity contribution >= 4 is 5.97 Å². The van der Waals surface area contributed by atoms with Crippen LogP contribution in [0.2, 0.25) is 0 Å².